The maximum absolute atomic E-state index is 11.6. The highest BCUT2D eigenvalue weighted by Gasteiger charge is 2.25. The molecular formula is C13H14O5. The van der Waals surface area contributed by atoms with Crippen LogP contribution < -0.4 is 4.74 Å². The summed E-state index contributed by atoms with van der Waals surface area (Å²) < 4.78 is 20.6. The first kappa shape index (κ1) is 11.5. The monoisotopic (exact) mass is 250 g/mol. The normalized spacial score (nSPS) is 24.4. The van der Waals surface area contributed by atoms with Gasteiger partial charge in [-0.3, -0.25) is 0 Å². The van der Waals surface area contributed by atoms with E-state index in [1.54, 1.807) is 24.3 Å². The predicted molar refractivity (Wildman–Crippen MR) is 61.7 cm³/mol. The van der Waals surface area contributed by atoms with E-state index < -0.39 is 0 Å². The maximum atomic E-state index is 11.6. The number of carbonyl (C=O) groups excluding carboxylic acids is 1. The van der Waals surface area contributed by atoms with Gasteiger partial charge in [0.25, 0.3) is 0 Å². The molecule has 0 radical (unpaired) electrons. The minimum atomic E-state index is -0.331. The lowest BCUT2D eigenvalue weighted by atomic mass is 10.2. The standard InChI is InChI=1S/C13H14O5/c14-13(18-8-12-7-17-12)9-1-3-10(4-2-9)15-5-11-6-16-11/h1-4,11-12H,5-8H2/t11-,12?/m1/s1. The molecule has 96 valence electrons. The topological polar surface area (TPSA) is 60.6 Å². The third kappa shape index (κ3) is 3.21. The molecule has 0 aliphatic carbocycles. The number of carbonyl (C=O) groups is 1. The Kier molecular flexibility index (Phi) is 3.17. The van der Waals surface area contributed by atoms with Crippen LogP contribution >= 0.6 is 0 Å². The highest BCUT2D eigenvalue weighted by atomic mass is 16.6. The van der Waals surface area contributed by atoms with Gasteiger partial charge < -0.3 is 18.9 Å². The first-order chi connectivity index (χ1) is 8.81. The summed E-state index contributed by atoms with van der Waals surface area (Å²) in [7, 11) is 0. The molecule has 2 atom stereocenters. The molecule has 2 aliphatic rings. The molecule has 2 saturated heterocycles. The van der Waals surface area contributed by atoms with Gasteiger partial charge >= 0.3 is 5.97 Å². The van der Waals surface area contributed by atoms with Crippen molar-refractivity contribution in [3.63, 3.8) is 0 Å². The fourth-order valence-corrected chi connectivity index (χ4v) is 1.46. The lowest BCUT2D eigenvalue weighted by Gasteiger charge is -2.05. The van der Waals surface area contributed by atoms with Gasteiger partial charge in [0.1, 0.15) is 31.2 Å². The Labute approximate surface area is 105 Å². The Morgan fingerprint density at radius 1 is 1.11 bits per heavy atom. The number of rotatable bonds is 6. The van der Waals surface area contributed by atoms with E-state index in [4.69, 9.17) is 18.9 Å². The molecule has 1 unspecified atom stereocenters. The fraction of sp³-hybridized carbons (Fsp3) is 0.462. The Hall–Kier alpha value is -1.59. The van der Waals surface area contributed by atoms with Crippen molar-refractivity contribution in [1.29, 1.82) is 0 Å². The summed E-state index contributed by atoms with van der Waals surface area (Å²) in [6.07, 6.45) is 0.322. The number of ether oxygens (including phenoxy) is 4. The van der Waals surface area contributed by atoms with Crippen molar-refractivity contribution in [1.82, 2.24) is 0 Å². The second-order valence-corrected chi connectivity index (χ2v) is 4.34. The second-order valence-electron chi connectivity index (χ2n) is 4.34. The van der Waals surface area contributed by atoms with Gasteiger partial charge in [-0.2, -0.15) is 0 Å². The minimum absolute atomic E-state index is 0.0927. The van der Waals surface area contributed by atoms with Crippen molar-refractivity contribution in [3.05, 3.63) is 29.8 Å². The molecule has 3 rings (SSSR count). The van der Waals surface area contributed by atoms with Crippen LogP contribution in [-0.4, -0.2) is 44.6 Å². The average molecular weight is 250 g/mol. The van der Waals surface area contributed by atoms with E-state index in [1.165, 1.54) is 0 Å². The van der Waals surface area contributed by atoms with Crippen LogP contribution in [0.5, 0.6) is 5.75 Å². The van der Waals surface area contributed by atoms with Gasteiger partial charge in [-0.05, 0) is 24.3 Å². The van der Waals surface area contributed by atoms with Crippen LogP contribution in [0.3, 0.4) is 0 Å². The highest BCUT2D eigenvalue weighted by Crippen LogP contribution is 2.17. The second kappa shape index (κ2) is 4.96. The molecular weight excluding hydrogens is 236 g/mol. The summed E-state index contributed by atoms with van der Waals surface area (Å²) >= 11 is 0. The van der Waals surface area contributed by atoms with E-state index in [2.05, 4.69) is 0 Å². The molecule has 1 aromatic carbocycles. The largest absolute Gasteiger partial charge is 0.491 e. The number of hydrogen-bond donors (Lipinski definition) is 0. The fourth-order valence-electron chi connectivity index (χ4n) is 1.46. The van der Waals surface area contributed by atoms with Crippen LogP contribution in [-0.2, 0) is 14.2 Å². The Morgan fingerprint density at radius 3 is 2.33 bits per heavy atom. The Balaban J connectivity index is 1.50. The number of epoxide rings is 2. The predicted octanol–water partition coefficient (Wildman–Crippen LogP) is 1.02. The molecule has 2 fully saturated rings. The van der Waals surface area contributed by atoms with Gasteiger partial charge in [0.2, 0.25) is 0 Å². The summed E-state index contributed by atoms with van der Waals surface area (Å²) in [5.74, 6) is 0.398. The zero-order valence-electron chi connectivity index (χ0n) is 9.83. The van der Waals surface area contributed by atoms with Crippen LogP contribution in [0.1, 0.15) is 10.4 Å². The highest BCUT2D eigenvalue weighted by molar-refractivity contribution is 5.89. The first-order valence-electron chi connectivity index (χ1n) is 5.94. The molecule has 5 heteroatoms. The van der Waals surface area contributed by atoms with Crippen LogP contribution in [0, 0.1) is 0 Å². The lowest BCUT2D eigenvalue weighted by Crippen LogP contribution is -2.10. The van der Waals surface area contributed by atoms with Crippen molar-refractivity contribution >= 4 is 5.97 Å². The molecule has 2 aliphatic heterocycles. The zero-order chi connectivity index (χ0) is 12.4. The summed E-state index contributed by atoms with van der Waals surface area (Å²) in [5.41, 5.74) is 0.519. The Bertz CT molecular complexity index is 420. The quantitative estimate of drug-likeness (QED) is 0.557. The molecule has 0 saturated carbocycles. The van der Waals surface area contributed by atoms with E-state index in [0.29, 0.717) is 25.4 Å². The molecule has 0 amide bonds. The number of benzene rings is 1. The van der Waals surface area contributed by atoms with Crippen molar-refractivity contribution in [2.24, 2.45) is 0 Å². The third-order valence-corrected chi connectivity index (χ3v) is 2.73. The van der Waals surface area contributed by atoms with Crippen LogP contribution in [0.15, 0.2) is 24.3 Å². The van der Waals surface area contributed by atoms with E-state index >= 15 is 0 Å². The van der Waals surface area contributed by atoms with Crippen LogP contribution in [0.25, 0.3) is 0 Å². The summed E-state index contributed by atoms with van der Waals surface area (Å²) in [6, 6.07) is 6.90. The van der Waals surface area contributed by atoms with Crippen molar-refractivity contribution in [2.75, 3.05) is 26.4 Å². The van der Waals surface area contributed by atoms with Gasteiger partial charge in [0.05, 0.1) is 18.8 Å². The van der Waals surface area contributed by atoms with Gasteiger partial charge in [-0.25, -0.2) is 4.79 Å². The maximum Gasteiger partial charge on any atom is 0.338 e. The summed E-state index contributed by atoms with van der Waals surface area (Å²) in [4.78, 5) is 11.6. The molecule has 0 spiro atoms. The van der Waals surface area contributed by atoms with Crippen LogP contribution in [0.2, 0.25) is 0 Å². The van der Waals surface area contributed by atoms with E-state index in [1.807, 2.05) is 0 Å². The molecule has 0 aromatic heterocycles. The SMILES string of the molecule is O=C(OCC1CO1)c1ccc(OC[C@@H]2CO2)cc1. The first-order valence-corrected chi connectivity index (χ1v) is 5.94. The molecule has 0 N–H and O–H groups in total. The molecule has 5 nitrogen and oxygen atoms in total. The van der Waals surface area contributed by atoms with Gasteiger partial charge in [0, 0.05) is 0 Å². The molecule has 1 aromatic rings. The zero-order valence-corrected chi connectivity index (χ0v) is 9.83. The average Bonchev–Trinajstić information content (AvgIpc) is 3.29. The third-order valence-electron chi connectivity index (χ3n) is 2.73. The number of hydrogen-bond acceptors (Lipinski definition) is 5. The Morgan fingerprint density at radius 2 is 1.72 bits per heavy atom. The summed E-state index contributed by atoms with van der Waals surface area (Å²) in [6.45, 7) is 2.34. The summed E-state index contributed by atoms with van der Waals surface area (Å²) in [5, 5.41) is 0. The number of esters is 1. The van der Waals surface area contributed by atoms with Crippen molar-refractivity contribution in [2.45, 2.75) is 12.2 Å². The smallest absolute Gasteiger partial charge is 0.338 e. The van der Waals surface area contributed by atoms with Gasteiger partial charge in [-0.15, -0.1) is 0 Å². The van der Waals surface area contributed by atoms with E-state index in [-0.39, 0.29) is 18.2 Å². The van der Waals surface area contributed by atoms with Crippen LogP contribution in [0.4, 0.5) is 0 Å². The lowest BCUT2D eigenvalue weighted by molar-refractivity contribution is 0.0476. The molecule has 2 heterocycles. The minimum Gasteiger partial charge on any atom is -0.491 e. The van der Waals surface area contributed by atoms with Gasteiger partial charge in [-0.1, -0.05) is 0 Å². The molecule has 0 bridgehead atoms. The van der Waals surface area contributed by atoms with E-state index in [9.17, 15) is 4.79 Å². The van der Waals surface area contributed by atoms with Crippen molar-refractivity contribution < 1.29 is 23.7 Å². The van der Waals surface area contributed by atoms with E-state index in [0.717, 1.165) is 12.4 Å². The molecule has 18 heavy (non-hydrogen) atoms. The van der Waals surface area contributed by atoms with Gasteiger partial charge in [0.15, 0.2) is 0 Å². The van der Waals surface area contributed by atoms with Crippen molar-refractivity contribution in [3.8, 4) is 5.75 Å².